The van der Waals surface area contributed by atoms with Crippen LogP contribution in [0.3, 0.4) is 0 Å². The third-order valence-corrected chi connectivity index (χ3v) is 6.90. The van der Waals surface area contributed by atoms with Crippen molar-refractivity contribution in [2.45, 2.75) is 71.0 Å². The number of carbonyl (C=O) groups is 1. The number of hydrogen-bond donors (Lipinski definition) is 1. The van der Waals surface area contributed by atoms with Gasteiger partial charge in [-0.1, -0.05) is 6.42 Å². The number of rotatable bonds is 3. The highest BCUT2D eigenvalue weighted by Gasteiger charge is 2.37. The Balaban J connectivity index is 1.49. The summed E-state index contributed by atoms with van der Waals surface area (Å²) < 4.78 is 1.59. The predicted molar refractivity (Wildman–Crippen MR) is 106 cm³/mol. The summed E-state index contributed by atoms with van der Waals surface area (Å²) in [5.74, 6) is 0.500. The van der Waals surface area contributed by atoms with E-state index in [0.717, 1.165) is 68.7 Å². The number of carbonyl (C=O) groups excluding carboxylic acids is 1. The van der Waals surface area contributed by atoms with E-state index >= 15 is 0 Å². The zero-order chi connectivity index (χ0) is 19.4. The summed E-state index contributed by atoms with van der Waals surface area (Å²) in [5, 5.41) is 3.28. The SMILES string of the molecule is CC(C)N1CCc2c(nc3cc(C4CCCN4C(=O)C4CCC4)[nH]n3c2=O)C1. The van der Waals surface area contributed by atoms with Crippen LogP contribution in [0.4, 0.5) is 0 Å². The molecule has 0 aromatic carbocycles. The quantitative estimate of drug-likeness (QED) is 0.882. The van der Waals surface area contributed by atoms with Crippen LogP contribution in [0, 0.1) is 5.92 Å². The van der Waals surface area contributed by atoms with E-state index in [1.165, 1.54) is 6.42 Å². The maximum absolute atomic E-state index is 13.0. The van der Waals surface area contributed by atoms with Crippen molar-refractivity contribution in [1.82, 2.24) is 24.4 Å². The lowest BCUT2D eigenvalue weighted by Gasteiger charge is -2.32. The van der Waals surface area contributed by atoms with Gasteiger partial charge in [-0.25, -0.2) is 9.50 Å². The standard InChI is InChI=1S/C21H29N5O2/c1-13(2)24-10-8-15-17(12-24)22-19-11-16(23-26(19)21(15)28)18-7-4-9-25(18)20(27)14-5-3-6-14/h11,13-14,18,23H,3-10,12H2,1-2H3. The van der Waals surface area contributed by atoms with Gasteiger partial charge in [0.1, 0.15) is 0 Å². The molecule has 5 rings (SSSR count). The number of nitrogens with zero attached hydrogens (tertiary/aromatic N) is 4. The molecule has 4 heterocycles. The van der Waals surface area contributed by atoms with Crippen LogP contribution in [0.2, 0.25) is 0 Å². The van der Waals surface area contributed by atoms with Crippen LogP contribution < -0.4 is 5.56 Å². The molecule has 2 aromatic rings. The molecule has 1 amide bonds. The summed E-state index contributed by atoms with van der Waals surface area (Å²) in [6.07, 6.45) is 5.91. The summed E-state index contributed by atoms with van der Waals surface area (Å²) in [6.45, 7) is 6.80. The van der Waals surface area contributed by atoms with Gasteiger partial charge < -0.3 is 4.90 Å². The minimum Gasteiger partial charge on any atom is -0.334 e. The summed E-state index contributed by atoms with van der Waals surface area (Å²) in [7, 11) is 0. The van der Waals surface area contributed by atoms with E-state index in [4.69, 9.17) is 4.98 Å². The lowest BCUT2D eigenvalue weighted by Crippen LogP contribution is -2.39. The Kier molecular flexibility index (Phi) is 4.30. The number of amides is 1. The molecule has 3 aliphatic rings. The second-order valence-electron chi connectivity index (χ2n) is 8.88. The van der Waals surface area contributed by atoms with Gasteiger partial charge >= 0.3 is 0 Å². The fraction of sp³-hybridized carbons (Fsp3) is 0.667. The third kappa shape index (κ3) is 2.79. The molecule has 1 unspecified atom stereocenters. The highest BCUT2D eigenvalue weighted by Crippen LogP contribution is 2.36. The number of fused-ring (bicyclic) bond motifs is 2. The van der Waals surface area contributed by atoms with Crippen LogP contribution >= 0.6 is 0 Å². The van der Waals surface area contributed by atoms with Crippen molar-refractivity contribution in [3.63, 3.8) is 0 Å². The highest BCUT2D eigenvalue weighted by atomic mass is 16.2. The number of aromatic amines is 1. The molecule has 7 heteroatoms. The zero-order valence-electron chi connectivity index (χ0n) is 16.8. The fourth-order valence-electron chi connectivity index (χ4n) is 4.89. The van der Waals surface area contributed by atoms with Crippen molar-refractivity contribution in [3.05, 3.63) is 33.4 Å². The summed E-state index contributed by atoms with van der Waals surface area (Å²) in [5.41, 5.74) is 3.37. The minimum absolute atomic E-state index is 0.0181. The summed E-state index contributed by atoms with van der Waals surface area (Å²) in [6, 6.07) is 2.46. The maximum atomic E-state index is 13.0. The first-order valence-corrected chi connectivity index (χ1v) is 10.7. The topological polar surface area (TPSA) is 73.7 Å². The molecule has 0 bridgehead atoms. The van der Waals surface area contributed by atoms with Gasteiger partial charge in [0.2, 0.25) is 5.91 Å². The average molecular weight is 383 g/mol. The van der Waals surface area contributed by atoms with Crippen molar-refractivity contribution >= 4 is 11.6 Å². The van der Waals surface area contributed by atoms with Gasteiger partial charge in [-0.15, -0.1) is 0 Å². The van der Waals surface area contributed by atoms with E-state index in [-0.39, 0.29) is 17.5 Å². The van der Waals surface area contributed by atoms with E-state index in [1.807, 2.05) is 11.0 Å². The van der Waals surface area contributed by atoms with Crippen molar-refractivity contribution in [3.8, 4) is 0 Å². The molecule has 2 aliphatic heterocycles. The Morgan fingerprint density at radius 1 is 1.21 bits per heavy atom. The molecular weight excluding hydrogens is 354 g/mol. The van der Waals surface area contributed by atoms with Crippen molar-refractivity contribution < 1.29 is 4.79 Å². The van der Waals surface area contributed by atoms with Gasteiger partial charge in [-0.05, 0) is 46.0 Å². The molecule has 1 saturated heterocycles. The lowest BCUT2D eigenvalue weighted by molar-refractivity contribution is -0.139. The largest absolute Gasteiger partial charge is 0.334 e. The molecule has 1 aliphatic carbocycles. The molecular formula is C21H29N5O2. The maximum Gasteiger partial charge on any atom is 0.276 e. The highest BCUT2D eigenvalue weighted by molar-refractivity contribution is 5.80. The molecule has 2 fully saturated rings. The molecule has 7 nitrogen and oxygen atoms in total. The summed E-state index contributed by atoms with van der Waals surface area (Å²) >= 11 is 0. The predicted octanol–water partition coefficient (Wildman–Crippen LogP) is 2.25. The van der Waals surface area contributed by atoms with E-state index in [9.17, 15) is 9.59 Å². The van der Waals surface area contributed by atoms with E-state index < -0.39 is 0 Å². The molecule has 2 aromatic heterocycles. The Labute approximate surface area is 164 Å². The summed E-state index contributed by atoms with van der Waals surface area (Å²) in [4.78, 5) is 35.1. The van der Waals surface area contributed by atoms with Crippen LogP contribution in [0.5, 0.6) is 0 Å². The van der Waals surface area contributed by atoms with Gasteiger partial charge in [-0.3, -0.25) is 19.6 Å². The van der Waals surface area contributed by atoms with Crippen molar-refractivity contribution in [1.29, 1.82) is 0 Å². The van der Waals surface area contributed by atoms with Crippen LogP contribution in [-0.2, 0) is 17.8 Å². The van der Waals surface area contributed by atoms with Gasteiger partial charge in [0, 0.05) is 43.2 Å². The number of hydrogen-bond acceptors (Lipinski definition) is 4. The third-order valence-electron chi connectivity index (χ3n) is 6.90. The number of nitrogens with one attached hydrogen (secondary N) is 1. The average Bonchev–Trinajstić information content (AvgIpc) is 3.26. The Morgan fingerprint density at radius 2 is 2.04 bits per heavy atom. The monoisotopic (exact) mass is 383 g/mol. The second kappa shape index (κ2) is 6.72. The molecule has 0 radical (unpaired) electrons. The van der Waals surface area contributed by atoms with Crippen LogP contribution in [-0.4, -0.2) is 49.4 Å². The first-order chi connectivity index (χ1) is 13.5. The first kappa shape index (κ1) is 17.9. The minimum atomic E-state index is 0.0181. The molecule has 28 heavy (non-hydrogen) atoms. The molecule has 1 atom stereocenters. The number of H-pyrrole nitrogens is 1. The fourth-order valence-corrected chi connectivity index (χ4v) is 4.89. The lowest BCUT2D eigenvalue weighted by atomic mass is 9.84. The number of likely N-dealkylation sites (tertiary alicyclic amines) is 1. The van der Waals surface area contributed by atoms with E-state index in [0.29, 0.717) is 17.6 Å². The van der Waals surface area contributed by atoms with Crippen molar-refractivity contribution in [2.24, 2.45) is 5.92 Å². The normalized spacial score (nSPS) is 23.4. The molecule has 1 N–H and O–H groups in total. The van der Waals surface area contributed by atoms with Crippen LogP contribution in [0.25, 0.3) is 5.65 Å². The van der Waals surface area contributed by atoms with Gasteiger partial charge in [0.25, 0.3) is 5.56 Å². The number of aromatic nitrogens is 3. The van der Waals surface area contributed by atoms with Gasteiger partial charge in [0.15, 0.2) is 5.65 Å². The van der Waals surface area contributed by atoms with Crippen LogP contribution in [0.15, 0.2) is 10.9 Å². The zero-order valence-corrected chi connectivity index (χ0v) is 16.8. The molecule has 0 spiro atoms. The van der Waals surface area contributed by atoms with Crippen LogP contribution in [0.1, 0.15) is 68.9 Å². The Morgan fingerprint density at radius 3 is 2.75 bits per heavy atom. The Bertz CT molecular complexity index is 971. The van der Waals surface area contributed by atoms with E-state index in [1.54, 1.807) is 4.52 Å². The van der Waals surface area contributed by atoms with Crippen molar-refractivity contribution in [2.75, 3.05) is 13.1 Å². The van der Waals surface area contributed by atoms with E-state index in [2.05, 4.69) is 23.8 Å². The molecule has 150 valence electrons. The molecule has 1 saturated carbocycles. The first-order valence-electron chi connectivity index (χ1n) is 10.7. The smallest absolute Gasteiger partial charge is 0.276 e. The Hall–Kier alpha value is -2.15. The van der Waals surface area contributed by atoms with Gasteiger partial charge in [-0.2, -0.15) is 0 Å². The second-order valence-corrected chi connectivity index (χ2v) is 8.88. The van der Waals surface area contributed by atoms with Gasteiger partial charge in [0.05, 0.1) is 17.4 Å².